The van der Waals surface area contributed by atoms with E-state index in [0.29, 0.717) is 5.56 Å². The molecule has 1 fully saturated rings. The van der Waals surface area contributed by atoms with Gasteiger partial charge < -0.3 is 0 Å². The largest absolute Gasteiger partial charge is 0.416 e. The normalized spacial score (nSPS) is 21.9. The van der Waals surface area contributed by atoms with Crippen molar-refractivity contribution in [2.24, 2.45) is 0 Å². The molecule has 1 heterocycles. The highest BCUT2D eigenvalue weighted by Gasteiger charge is 2.40. The fourth-order valence-electron chi connectivity index (χ4n) is 2.94. The molecule has 106 valence electrons. The summed E-state index contributed by atoms with van der Waals surface area (Å²) in [7, 11) is 0. The lowest BCUT2D eigenvalue weighted by atomic mass is 9.95. The lowest BCUT2D eigenvalue weighted by Crippen LogP contribution is -2.41. The minimum absolute atomic E-state index is 0.111. The van der Waals surface area contributed by atoms with Crippen molar-refractivity contribution in [1.29, 1.82) is 0 Å². The molecule has 0 amide bonds. The molecule has 19 heavy (non-hydrogen) atoms. The number of hydrogen-bond donors (Lipinski definition) is 0. The van der Waals surface area contributed by atoms with Gasteiger partial charge in [0.15, 0.2) is 0 Å². The maximum Gasteiger partial charge on any atom is 0.416 e. The van der Waals surface area contributed by atoms with Gasteiger partial charge in [-0.15, -0.1) is 0 Å². The van der Waals surface area contributed by atoms with Crippen molar-refractivity contribution >= 4 is 0 Å². The van der Waals surface area contributed by atoms with E-state index < -0.39 is 11.7 Å². The molecule has 2 rings (SSSR count). The third-order valence-electron chi connectivity index (χ3n) is 3.74. The molecule has 1 saturated heterocycles. The van der Waals surface area contributed by atoms with Crippen LogP contribution in [0.25, 0.3) is 0 Å². The van der Waals surface area contributed by atoms with Crippen LogP contribution in [0.5, 0.6) is 0 Å². The van der Waals surface area contributed by atoms with Gasteiger partial charge in [-0.3, -0.25) is 4.90 Å². The van der Waals surface area contributed by atoms with Crippen molar-refractivity contribution in [2.75, 3.05) is 6.54 Å². The smallest absolute Gasteiger partial charge is 0.291 e. The predicted molar refractivity (Wildman–Crippen MR) is 69.9 cm³/mol. The molecule has 0 aliphatic carbocycles. The monoisotopic (exact) mass is 271 g/mol. The van der Waals surface area contributed by atoms with E-state index in [9.17, 15) is 13.2 Å². The quantitative estimate of drug-likeness (QED) is 0.719. The first kappa shape index (κ1) is 14.4. The summed E-state index contributed by atoms with van der Waals surface area (Å²) in [5.41, 5.74) is -0.182. The van der Waals surface area contributed by atoms with Crippen LogP contribution in [-0.2, 0) is 6.18 Å². The third-order valence-corrected chi connectivity index (χ3v) is 3.74. The van der Waals surface area contributed by atoms with E-state index in [1.807, 2.05) is 0 Å². The van der Waals surface area contributed by atoms with Gasteiger partial charge >= 0.3 is 6.18 Å². The first-order valence-corrected chi connectivity index (χ1v) is 6.64. The van der Waals surface area contributed by atoms with Gasteiger partial charge in [0.25, 0.3) is 0 Å². The van der Waals surface area contributed by atoms with Crippen molar-refractivity contribution in [3.8, 4) is 0 Å². The van der Waals surface area contributed by atoms with Crippen LogP contribution in [0.15, 0.2) is 24.3 Å². The Kier molecular flexibility index (Phi) is 3.65. The SMILES string of the molecule is CC(C)(C)N1CCCC1c1ccccc1C(F)(F)F. The second kappa shape index (κ2) is 4.82. The number of benzene rings is 1. The van der Waals surface area contributed by atoms with Crippen molar-refractivity contribution in [1.82, 2.24) is 4.90 Å². The molecule has 4 heteroatoms. The van der Waals surface area contributed by atoms with Crippen LogP contribution in [-0.4, -0.2) is 17.0 Å². The lowest BCUT2D eigenvalue weighted by Gasteiger charge is -2.38. The van der Waals surface area contributed by atoms with Crippen LogP contribution < -0.4 is 0 Å². The van der Waals surface area contributed by atoms with Crippen LogP contribution in [0.1, 0.15) is 50.8 Å². The fourth-order valence-corrected chi connectivity index (χ4v) is 2.94. The Morgan fingerprint density at radius 1 is 1.11 bits per heavy atom. The second-order valence-corrected chi connectivity index (χ2v) is 6.11. The zero-order chi connectivity index (χ0) is 14.3. The summed E-state index contributed by atoms with van der Waals surface area (Å²) in [6.45, 7) is 7.03. The Morgan fingerprint density at radius 2 is 1.74 bits per heavy atom. The van der Waals surface area contributed by atoms with Crippen LogP contribution in [0.3, 0.4) is 0 Å². The van der Waals surface area contributed by atoms with Gasteiger partial charge in [-0.2, -0.15) is 13.2 Å². The zero-order valence-electron chi connectivity index (χ0n) is 11.6. The van der Waals surface area contributed by atoms with Crippen LogP contribution >= 0.6 is 0 Å². The number of rotatable bonds is 1. The van der Waals surface area contributed by atoms with Gasteiger partial charge in [0.05, 0.1) is 5.56 Å². The molecule has 1 atom stereocenters. The zero-order valence-corrected chi connectivity index (χ0v) is 11.6. The number of nitrogens with zero attached hydrogens (tertiary/aromatic N) is 1. The van der Waals surface area contributed by atoms with Crippen molar-refractivity contribution in [3.05, 3.63) is 35.4 Å². The number of hydrogen-bond acceptors (Lipinski definition) is 1. The van der Waals surface area contributed by atoms with E-state index in [-0.39, 0.29) is 11.6 Å². The molecule has 0 bridgehead atoms. The Labute approximate surface area is 112 Å². The topological polar surface area (TPSA) is 3.24 Å². The number of halogens is 3. The highest BCUT2D eigenvalue weighted by Crippen LogP contribution is 2.42. The molecule has 0 saturated carbocycles. The molecule has 1 unspecified atom stereocenters. The molecule has 0 aromatic heterocycles. The van der Waals surface area contributed by atoms with Crippen LogP contribution in [0.2, 0.25) is 0 Å². The average Bonchev–Trinajstić information content (AvgIpc) is 2.76. The molecule has 0 radical (unpaired) electrons. The van der Waals surface area contributed by atoms with E-state index in [0.717, 1.165) is 19.4 Å². The van der Waals surface area contributed by atoms with Crippen LogP contribution in [0.4, 0.5) is 13.2 Å². The molecule has 1 aromatic rings. The summed E-state index contributed by atoms with van der Waals surface area (Å²) >= 11 is 0. The fraction of sp³-hybridized carbons (Fsp3) is 0.600. The van der Waals surface area contributed by atoms with Gasteiger partial charge in [-0.05, 0) is 51.8 Å². The van der Waals surface area contributed by atoms with E-state index in [1.165, 1.54) is 12.1 Å². The first-order chi connectivity index (χ1) is 8.71. The maximum atomic E-state index is 13.1. The molecule has 1 aromatic carbocycles. The predicted octanol–water partition coefficient (Wildman–Crippen LogP) is 4.64. The highest BCUT2D eigenvalue weighted by molar-refractivity contribution is 5.33. The molecule has 0 N–H and O–H groups in total. The Hall–Kier alpha value is -1.03. The highest BCUT2D eigenvalue weighted by atomic mass is 19.4. The summed E-state index contributed by atoms with van der Waals surface area (Å²) in [6, 6.07) is 5.84. The Bertz CT molecular complexity index is 445. The van der Waals surface area contributed by atoms with Gasteiger partial charge in [-0.1, -0.05) is 18.2 Å². The Balaban J connectivity index is 2.42. The lowest BCUT2D eigenvalue weighted by molar-refractivity contribution is -0.138. The number of alkyl halides is 3. The van der Waals surface area contributed by atoms with Crippen molar-refractivity contribution < 1.29 is 13.2 Å². The number of likely N-dealkylation sites (tertiary alicyclic amines) is 1. The summed E-state index contributed by atoms with van der Waals surface area (Å²) in [6.07, 6.45) is -2.53. The molecular weight excluding hydrogens is 251 g/mol. The van der Waals surface area contributed by atoms with E-state index in [1.54, 1.807) is 12.1 Å². The second-order valence-electron chi connectivity index (χ2n) is 6.11. The molecular formula is C15H20F3N. The van der Waals surface area contributed by atoms with Gasteiger partial charge in [0.1, 0.15) is 0 Å². The maximum absolute atomic E-state index is 13.1. The van der Waals surface area contributed by atoms with E-state index in [2.05, 4.69) is 25.7 Å². The standard InChI is InChI=1S/C15H20F3N/c1-14(2,3)19-10-6-9-13(19)11-7-4-5-8-12(11)15(16,17)18/h4-5,7-8,13H,6,9-10H2,1-3H3. The van der Waals surface area contributed by atoms with Gasteiger partial charge in [0, 0.05) is 11.6 Å². The first-order valence-electron chi connectivity index (χ1n) is 6.64. The summed E-state index contributed by atoms with van der Waals surface area (Å²) in [5.74, 6) is 0. The summed E-state index contributed by atoms with van der Waals surface area (Å²) in [5, 5.41) is 0. The van der Waals surface area contributed by atoms with Gasteiger partial charge in [-0.25, -0.2) is 0 Å². The molecule has 0 spiro atoms. The van der Waals surface area contributed by atoms with Gasteiger partial charge in [0.2, 0.25) is 0 Å². The average molecular weight is 271 g/mol. The van der Waals surface area contributed by atoms with E-state index in [4.69, 9.17) is 0 Å². The molecule has 1 nitrogen and oxygen atoms in total. The molecule has 1 aliphatic heterocycles. The summed E-state index contributed by atoms with van der Waals surface area (Å²) < 4.78 is 39.3. The van der Waals surface area contributed by atoms with Crippen molar-refractivity contribution in [2.45, 2.75) is 51.4 Å². The Morgan fingerprint density at radius 3 is 2.32 bits per heavy atom. The van der Waals surface area contributed by atoms with Crippen molar-refractivity contribution in [3.63, 3.8) is 0 Å². The summed E-state index contributed by atoms with van der Waals surface area (Å²) in [4.78, 5) is 2.18. The van der Waals surface area contributed by atoms with E-state index >= 15 is 0 Å². The van der Waals surface area contributed by atoms with Crippen LogP contribution in [0, 0.1) is 0 Å². The molecule has 1 aliphatic rings. The minimum Gasteiger partial charge on any atom is -0.291 e. The minimum atomic E-state index is -4.28. The third kappa shape index (κ3) is 2.94.